The Bertz CT molecular complexity index is 915. The van der Waals surface area contributed by atoms with Crippen molar-refractivity contribution in [1.82, 2.24) is 15.0 Å². The zero-order chi connectivity index (χ0) is 14.9. The fourth-order valence-electron chi connectivity index (χ4n) is 1.80. The minimum atomic E-state index is -4.10. The summed E-state index contributed by atoms with van der Waals surface area (Å²) in [6.07, 6.45) is 4.25. The van der Waals surface area contributed by atoms with Crippen molar-refractivity contribution >= 4 is 26.7 Å². The second-order valence-corrected chi connectivity index (χ2v) is 5.75. The van der Waals surface area contributed by atoms with Gasteiger partial charge in [0.05, 0.1) is 16.7 Å². The first-order valence-corrected chi connectivity index (χ1v) is 7.39. The summed E-state index contributed by atoms with van der Waals surface area (Å²) in [6.45, 7) is 0. The minimum Gasteiger partial charge on any atom is -0.278 e. The van der Waals surface area contributed by atoms with Crippen LogP contribution in [-0.4, -0.2) is 23.4 Å². The number of aromatic nitrogens is 3. The molecule has 106 valence electrons. The van der Waals surface area contributed by atoms with E-state index in [1.807, 2.05) is 0 Å². The van der Waals surface area contributed by atoms with Crippen LogP contribution in [0.4, 0.5) is 10.1 Å². The molecule has 0 radical (unpaired) electrons. The zero-order valence-corrected chi connectivity index (χ0v) is 11.4. The van der Waals surface area contributed by atoms with E-state index in [1.165, 1.54) is 36.8 Å². The van der Waals surface area contributed by atoms with Crippen LogP contribution >= 0.6 is 0 Å². The number of fused-ring (bicyclic) bond motifs is 1. The second kappa shape index (κ2) is 5.06. The van der Waals surface area contributed by atoms with Crippen molar-refractivity contribution in [1.29, 1.82) is 0 Å². The molecule has 0 unspecified atom stereocenters. The number of nitrogens with zero attached hydrogens (tertiary/aromatic N) is 3. The lowest BCUT2D eigenvalue weighted by Gasteiger charge is -2.08. The number of pyridine rings is 1. The fourth-order valence-corrected chi connectivity index (χ4v) is 2.86. The Morgan fingerprint density at radius 2 is 1.71 bits per heavy atom. The Hall–Kier alpha value is -2.61. The molecule has 1 N–H and O–H groups in total. The van der Waals surface area contributed by atoms with E-state index in [9.17, 15) is 12.8 Å². The van der Waals surface area contributed by atoms with Gasteiger partial charge < -0.3 is 0 Å². The highest BCUT2D eigenvalue weighted by atomic mass is 32.2. The zero-order valence-electron chi connectivity index (χ0n) is 10.6. The normalized spacial score (nSPS) is 11.5. The molecule has 0 saturated heterocycles. The van der Waals surface area contributed by atoms with Crippen LogP contribution in [0.3, 0.4) is 0 Å². The van der Waals surface area contributed by atoms with Crippen molar-refractivity contribution in [2.75, 3.05) is 4.72 Å². The maximum Gasteiger partial charge on any atom is 0.282 e. The lowest BCUT2D eigenvalue weighted by molar-refractivity contribution is 0.557. The maximum atomic E-state index is 13.5. The van der Waals surface area contributed by atoms with Gasteiger partial charge in [-0.25, -0.2) is 9.37 Å². The van der Waals surface area contributed by atoms with Gasteiger partial charge in [0.25, 0.3) is 10.0 Å². The molecule has 21 heavy (non-hydrogen) atoms. The Balaban J connectivity index is 1.99. The molecule has 3 aromatic rings. The maximum absolute atomic E-state index is 13.5. The lowest BCUT2D eigenvalue weighted by atomic mass is 10.3. The van der Waals surface area contributed by atoms with Crippen LogP contribution in [0.25, 0.3) is 11.0 Å². The van der Waals surface area contributed by atoms with Gasteiger partial charge in [-0.1, -0.05) is 0 Å². The standard InChI is InChI=1S/C13H9FN4O2S/c14-10-2-1-5-17-13(10)21(19,20)18-9-3-4-11-12(8-9)16-7-6-15-11/h1-8,18H. The predicted octanol–water partition coefficient (Wildman–Crippen LogP) is 1.96. The molecule has 2 aromatic heterocycles. The van der Waals surface area contributed by atoms with Crippen LogP contribution in [-0.2, 0) is 10.0 Å². The third-order valence-corrected chi connectivity index (χ3v) is 4.01. The number of hydrogen-bond donors (Lipinski definition) is 1. The van der Waals surface area contributed by atoms with E-state index < -0.39 is 20.9 Å². The summed E-state index contributed by atoms with van der Waals surface area (Å²) >= 11 is 0. The highest BCUT2D eigenvalue weighted by molar-refractivity contribution is 7.92. The van der Waals surface area contributed by atoms with E-state index in [-0.39, 0.29) is 5.69 Å². The summed E-state index contributed by atoms with van der Waals surface area (Å²) in [7, 11) is -4.10. The SMILES string of the molecule is O=S(=O)(Nc1ccc2nccnc2c1)c1ncccc1F. The summed E-state index contributed by atoms with van der Waals surface area (Å²) in [5.41, 5.74) is 1.41. The summed E-state index contributed by atoms with van der Waals surface area (Å²) in [5, 5.41) is -0.649. The molecule has 0 aliphatic carbocycles. The van der Waals surface area contributed by atoms with Gasteiger partial charge in [0, 0.05) is 18.6 Å². The van der Waals surface area contributed by atoms with E-state index in [0.29, 0.717) is 11.0 Å². The number of sulfonamides is 1. The predicted molar refractivity (Wildman–Crippen MR) is 74.5 cm³/mol. The molecule has 2 heterocycles. The van der Waals surface area contributed by atoms with E-state index in [0.717, 1.165) is 6.07 Å². The first-order valence-electron chi connectivity index (χ1n) is 5.90. The molecule has 0 bridgehead atoms. The summed E-state index contributed by atoms with van der Waals surface area (Å²) in [4.78, 5) is 11.7. The molecular weight excluding hydrogens is 295 g/mol. The highest BCUT2D eigenvalue weighted by Gasteiger charge is 2.20. The van der Waals surface area contributed by atoms with E-state index in [1.54, 1.807) is 6.07 Å². The van der Waals surface area contributed by atoms with Gasteiger partial charge in [-0.3, -0.25) is 14.7 Å². The van der Waals surface area contributed by atoms with Gasteiger partial charge in [0.1, 0.15) is 0 Å². The van der Waals surface area contributed by atoms with Gasteiger partial charge in [0.15, 0.2) is 5.82 Å². The van der Waals surface area contributed by atoms with Crippen LogP contribution in [0.2, 0.25) is 0 Å². The summed E-state index contributed by atoms with van der Waals surface area (Å²) < 4.78 is 40.0. The van der Waals surface area contributed by atoms with Gasteiger partial charge in [-0.2, -0.15) is 8.42 Å². The smallest absolute Gasteiger partial charge is 0.278 e. The van der Waals surface area contributed by atoms with Crippen LogP contribution in [0.5, 0.6) is 0 Å². The van der Waals surface area contributed by atoms with Crippen molar-refractivity contribution in [2.45, 2.75) is 5.03 Å². The average Bonchev–Trinajstić information content (AvgIpc) is 2.47. The third-order valence-electron chi connectivity index (χ3n) is 2.70. The summed E-state index contributed by atoms with van der Waals surface area (Å²) in [5.74, 6) is -0.911. The first-order chi connectivity index (χ1) is 10.1. The van der Waals surface area contributed by atoms with Crippen molar-refractivity contribution in [3.8, 4) is 0 Å². The van der Waals surface area contributed by atoms with E-state index in [2.05, 4.69) is 19.7 Å². The number of nitrogens with one attached hydrogen (secondary N) is 1. The molecule has 0 aliphatic rings. The van der Waals surface area contributed by atoms with Crippen molar-refractivity contribution in [3.63, 3.8) is 0 Å². The average molecular weight is 304 g/mol. The van der Waals surface area contributed by atoms with Gasteiger partial charge in [-0.05, 0) is 30.3 Å². The van der Waals surface area contributed by atoms with Crippen LogP contribution in [0.15, 0.2) is 53.9 Å². The molecule has 6 nitrogen and oxygen atoms in total. The van der Waals surface area contributed by atoms with Crippen LogP contribution < -0.4 is 4.72 Å². The number of benzene rings is 1. The fraction of sp³-hybridized carbons (Fsp3) is 0. The second-order valence-electron chi connectivity index (χ2n) is 4.16. The quantitative estimate of drug-likeness (QED) is 0.799. The monoisotopic (exact) mass is 304 g/mol. The number of rotatable bonds is 3. The number of anilines is 1. The number of halogens is 1. The third kappa shape index (κ3) is 2.65. The molecule has 0 spiro atoms. The molecule has 0 amide bonds. The topological polar surface area (TPSA) is 84.8 Å². The Kier molecular flexibility index (Phi) is 3.22. The van der Waals surface area contributed by atoms with E-state index in [4.69, 9.17) is 0 Å². The Morgan fingerprint density at radius 3 is 2.48 bits per heavy atom. The van der Waals surface area contributed by atoms with Crippen molar-refractivity contribution in [3.05, 3.63) is 54.7 Å². The highest BCUT2D eigenvalue weighted by Crippen LogP contribution is 2.19. The molecule has 0 saturated carbocycles. The molecule has 3 rings (SSSR count). The van der Waals surface area contributed by atoms with Crippen LogP contribution in [0.1, 0.15) is 0 Å². The first kappa shape index (κ1) is 13.4. The summed E-state index contributed by atoms with van der Waals surface area (Å²) in [6, 6.07) is 7.01. The number of hydrogen-bond acceptors (Lipinski definition) is 5. The largest absolute Gasteiger partial charge is 0.282 e. The van der Waals surface area contributed by atoms with Gasteiger partial charge in [-0.15, -0.1) is 0 Å². The molecule has 0 fully saturated rings. The van der Waals surface area contributed by atoms with Gasteiger partial charge in [0.2, 0.25) is 5.03 Å². The van der Waals surface area contributed by atoms with Crippen LogP contribution in [0, 0.1) is 5.82 Å². The minimum absolute atomic E-state index is 0.257. The molecule has 8 heteroatoms. The van der Waals surface area contributed by atoms with Crippen molar-refractivity contribution < 1.29 is 12.8 Å². The van der Waals surface area contributed by atoms with Crippen molar-refractivity contribution in [2.24, 2.45) is 0 Å². The van der Waals surface area contributed by atoms with E-state index >= 15 is 0 Å². The molecular formula is C13H9FN4O2S. The Labute approximate surface area is 119 Å². The molecule has 1 aromatic carbocycles. The molecule has 0 aliphatic heterocycles. The van der Waals surface area contributed by atoms with Gasteiger partial charge >= 0.3 is 0 Å². The Morgan fingerprint density at radius 1 is 0.952 bits per heavy atom. The molecule has 0 atom stereocenters. The lowest BCUT2D eigenvalue weighted by Crippen LogP contribution is -2.16.